The number of hydrogen-bond donors (Lipinski definition) is 2. The van der Waals surface area contributed by atoms with Crippen LogP contribution in [0.25, 0.3) is 0 Å². The molecule has 23 heavy (non-hydrogen) atoms. The average Bonchev–Trinajstić information content (AvgIpc) is 2.93. The lowest BCUT2D eigenvalue weighted by Crippen LogP contribution is -2.41. The van der Waals surface area contributed by atoms with Gasteiger partial charge in [-0.1, -0.05) is 0 Å². The Hall–Kier alpha value is -1.22. The second-order valence-electron chi connectivity index (χ2n) is 5.45. The fourth-order valence-electron chi connectivity index (χ4n) is 2.74. The summed E-state index contributed by atoms with van der Waals surface area (Å²) in [6, 6.07) is 6.36. The summed E-state index contributed by atoms with van der Waals surface area (Å²) in [7, 11) is 3.34. The maximum absolute atomic E-state index is 5.83. The largest absolute Gasteiger partial charge is 0.497 e. The highest BCUT2D eigenvalue weighted by Gasteiger charge is 2.23. The monoisotopic (exact) mass is 434 g/mol. The zero-order valence-corrected chi connectivity index (χ0v) is 16.4. The van der Waals surface area contributed by atoms with E-state index < -0.39 is 0 Å². The van der Waals surface area contributed by atoms with E-state index in [1.807, 2.05) is 13.0 Å². The van der Waals surface area contributed by atoms with Crippen LogP contribution in [0.5, 0.6) is 11.5 Å². The molecular weight excluding hydrogens is 407 g/mol. The van der Waals surface area contributed by atoms with Crippen molar-refractivity contribution >= 4 is 29.9 Å². The minimum Gasteiger partial charge on any atom is -0.497 e. The van der Waals surface area contributed by atoms with Crippen molar-refractivity contribution in [3.8, 4) is 11.5 Å². The summed E-state index contributed by atoms with van der Waals surface area (Å²) >= 11 is 0. The predicted molar refractivity (Wildman–Crippen MR) is 104 cm³/mol. The van der Waals surface area contributed by atoms with E-state index in [1.165, 1.54) is 5.56 Å². The quantitative estimate of drug-likeness (QED) is 0.406. The number of halogens is 1. The summed E-state index contributed by atoms with van der Waals surface area (Å²) in [5, 5.41) is 3.28. The number of methoxy groups -OCH3 is 2. The van der Waals surface area contributed by atoms with Crippen LogP contribution in [0.4, 0.5) is 0 Å². The number of guanidine groups is 1. The van der Waals surface area contributed by atoms with Gasteiger partial charge in [0.05, 0.1) is 14.2 Å². The van der Waals surface area contributed by atoms with E-state index in [2.05, 4.69) is 27.3 Å². The van der Waals surface area contributed by atoms with Gasteiger partial charge in [-0.25, -0.2) is 0 Å². The SMILES string of the molecule is CCN=C(N)NC1CCN(Cc2cc(OC)cc(OC)c2)C1.I. The van der Waals surface area contributed by atoms with Crippen molar-refractivity contribution in [3.05, 3.63) is 23.8 Å². The third-order valence-corrected chi connectivity index (χ3v) is 3.77. The second kappa shape index (κ2) is 9.82. The average molecular weight is 434 g/mol. The highest BCUT2D eigenvalue weighted by molar-refractivity contribution is 14.0. The van der Waals surface area contributed by atoms with Crippen LogP contribution in [0.1, 0.15) is 18.9 Å². The molecule has 0 aromatic heterocycles. The van der Waals surface area contributed by atoms with Crippen molar-refractivity contribution in [3.63, 3.8) is 0 Å². The van der Waals surface area contributed by atoms with Crippen LogP contribution in [-0.2, 0) is 6.54 Å². The van der Waals surface area contributed by atoms with E-state index in [0.717, 1.165) is 37.6 Å². The third kappa shape index (κ3) is 6.06. The summed E-state index contributed by atoms with van der Waals surface area (Å²) in [5.74, 6) is 2.18. The molecule has 1 aromatic rings. The van der Waals surface area contributed by atoms with Crippen LogP contribution >= 0.6 is 24.0 Å². The lowest BCUT2D eigenvalue weighted by molar-refractivity contribution is 0.322. The number of likely N-dealkylation sites (tertiary alicyclic amines) is 1. The van der Waals surface area contributed by atoms with Gasteiger partial charge in [0.1, 0.15) is 11.5 Å². The fraction of sp³-hybridized carbons (Fsp3) is 0.562. The Morgan fingerprint density at radius 2 is 1.96 bits per heavy atom. The smallest absolute Gasteiger partial charge is 0.188 e. The molecule has 130 valence electrons. The maximum Gasteiger partial charge on any atom is 0.188 e. The number of hydrogen-bond acceptors (Lipinski definition) is 4. The van der Waals surface area contributed by atoms with Crippen LogP contribution in [0, 0.1) is 0 Å². The molecule has 1 aromatic carbocycles. The van der Waals surface area contributed by atoms with Crippen LogP contribution < -0.4 is 20.5 Å². The molecule has 1 aliphatic rings. The number of aliphatic imine (C=N–C) groups is 1. The fourth-order valence-corrected chi connectivity index (χ4v) is 2.74. The van der Waals surface area contributed by atoms with Crippen molar-refractivity contribution in [2.75, 3.05) is 33.9 Å². The van der Waals surface area contributed by atoms with Crippen molar-refractivity contribution in [2.45, 2.75) is 25.9 Å². The molecule has 2 rings (SSSR count). The van der Waals surface area contributed by atoms with Gasteiger partial charge in [-0.3, -0.25) is 9.89 Å². The Kier molecular flexibility index (Phi) is 8.46. The molecule has 0 radical (unpaired) electrons. The molecule has 3 N–H and O–H groups in total. The van der Waals surface area contributed by atoms with Crippen LogP contribution in [0.2, 0.25) is 0 Å². The number of rotatable bonds is 6. The zero-order chi connectivity index (χ0) is 15.9. The molecule has 0 saturated carbocycles. The van der Waals surface area contributed by atoms with E-state index in [-0.39, 0.29) is 24.0 Å². The minimum atomic E-state index is 0. The molecule has 0 spiro atoms. The Balaban J connectivity index is 0.00000264. The first-order valence-corrected chi connectivity index (χ1v) is 7.65. The number of nitrogens with one attached hydrogen (secondary N) is 1. The molecule has 0 aliphatic carbocycles. The van der Waals surface area contributed by atoms with E-state index >= 15 is 0 Å². The van der Waals surface area contributed by atoms with Crippen molar-refractivity contribution in [2.24, 2.45) is 10.7 Å². The highest BCUT2D eigenvalue weighted by atomic mass is 127. The molecule has 1 aliphatic heterocycles. The lowest BCUT2D eigenvalue weighted by Gasteiger charge is -2.18. The summed E-state index contributed by atoms with van der Waals surface area (Å²) in [5.41, 5.74) is 7.01. The first kappa shape index (κ1) is 19.8. The van der Waals surface area contributed by atoms with E-state index in [4.69, 9.17) is 15.2 Å². The van der Waals surface area contributed by atoms with Gasteiger partial charge in [0.15, 0.2) is 5.96 Å². The van der Waals surface area contributed by atoms with Crippen LogP contribution in [0.15, 0.2) is 23.2 Å². The summed E-state index contributed by atoms with van der Waals surface area (Å²) in [6.45, 7) is 5.55. The van der Waals surface area contributed by atoms with Crippen molar-refractivity contribution in [1.82, 2.24) is 10.2 Å². The van der Waals surface area contributed by atoms with E-state index in [0.29, 0.717) is 18.5 Å². The molecule has 1 saturated heterocycles. The zero-order valence-electron chi connectivity index (χ0n) is 14.0. The van der Waals surface area contributed by atoms with Gasteiger partial charge in [-0.2, -0.15) is 0 Å². The van der Waals surface area contributed by atoms with Gasteiger partial charge in [0.2, 0.25) is 0 Å². The lowest BCUT2D eigenvalue weighted by atomic mass is 10.2. The van der Waals surface area contributed by atoms with Gasteiger partial charge in [-0.15, -0.1) is 24.0 Å². The molecular formula is C16H27IN4O2. The Labute approximate surface area is 155 Å². The van der Waals surface area contributed by atoms with Gasteiger partial charge >= 0.3 is 0 Å². The number of nitrogens with zero attached hydrogens (tertiary/aromatic N) is 2. The standard InChI is InChI=1S/C16H26N4O2.HI/c1-4-18-16(17)19-13-5-6-20(11-13)10-12-7-14(21-2)9-15(8-12)22-3;/h7-9,13H,4-6,10-11H2,1-3H3,(H3,17,18,19);1H. The molecule has 6 nitrogen and oxygen atoms in total. The van der Waals surface area contributed by atoms with E-state index in [1.54, 1.807) is 14.2 Å². The Bertz CT molecular complexity index is 503. The molecule has 7 heteroatoms. The van der Waals surface area contributed by atoms with Crippen molar-refractivity contribution in [1.29, 1.82) is 0 Å². The Morgan fingerprint density at radius 1 is 1.30 bits per heavy atom. The van der Waals surface area contributed by atoms with E-state index in [9.17, 15) is 0 Å². The number of benzene rings is 1. The molecule has 1 atom stereocenters. The topological polar surface area (TPSA) is 72.1 Å². The maximum atomic E-state index is 5.83. The first-order chi connectivity index (χ1) is 10.6. The van der Waals surface area contributed by atoms with Gasteiger partial charge in [0, 0.05) is 38.3 Å². The molecule has 1 unspecified atom stereocenters. The number of ether oxygens (including phenoxy) is 2. The van der Waals surface area contributed by atoms with Gasteiger partial charge in [-0.05, 0) is 31.0 Å². The molecule has 0 bridgehead atoms. The summed E-state index contributed by atoms with van der Waals surface area (Å²) in [6.07, 6.45) is 1.07. The molecule has 1 fully saturated rings. The third-order valence-electron chi connectivity index (χ3n) is 3.77. The highest BCUT2D eigenvalue weighted by Crippen LogP contribution is 2.24. The normalized spacial score (nSPS) is 18.4. The second-order valence-corrected chi connectivity index (χ2v) is 5.45. The Morgan fingerprint density at radius 3 is 2.52 bits per heavy atom. The number of nitrogens with two attached hydrogens (primary N) is 1. The minimum absolute atomic E-state index is 0. The first-order valence-electron chi connectivity index (χ1n) is 7.65. The molecule has 0 amide bonds. The molecule has 1 heterocycles. The summed E-state index contributed by atoms with van der Waals surface area (Å²) < 4.78 is 10.6. The summed E-state index contributed by atoms with van der Waals surface area (Å²) in [4.78, 5) is 6.57. The van der Waals surface area contributed by atoms with Crippen molar-refractivity contribution < 1.29 is 9.47 Å². The predicted octanol–water partition coefficient (Wildman–Crippen LogP) is 1.82. The van der Waals surface area contributed by atoms with Crippen LogP contribution in [0.3, 0.4) is 0 Å². The van der Waals surface area contributed by atoms with Gasteiger partial charge < -0.3 is 20.5 Å². The van der Waals surface area contributed by atoms with Crippen LogP contribution in [-0.4, -0.2) is 50.8 Å². The van der Waals surface area contributed by atoms with Gasteiger partial charge in [0.25, 0.3) is 0 Å².